The topological polar surface area (TPSA) is 30.5 Å². The Morgan fingerprint density at radius 3 is 2.89 bits per heavy atom. The van der Waals surface area contributed by atoms with Gasteiger partial charge in [-0.2, -0.15) is 0 Å². The number of methoxy groups -OCH3 is 1. The lowest BCUT2D eigenvalue weighted by Gasteiger charge is -2.08. The van der Waals surface area contributed by atoms with Gasteiger partial charge in [-0.1, -0.05) is 12.1 Å². The summed E-state index contributed by atoms with van der Waals surface area (Å²) in [5.74, 6) is -0.0393. The van der Waals surface area contributed by atoms with Crippen LogP contribution in [0.5, 0.6) is 5.75 Å². The Balaban J connectivity index is 2.43. The number of hydrogen-bond donors (Lipinski definition) is 1. The summed E-state index contributed by atoms with van der Waals surface area (Å²) in [4.78, 5) is 0. The van der Waals surface area contributed by atoms with Crippen molar-refractivity contribution < 1.29 is 13.9 Å². The van der Waals surface area contributed by atoms with Crippen molar-refractivity contribution in [1.29, 1.82) is 0 Å². The second-order valence-corrected chi connectivity index (χ2v) is 3.86. The molecule has 4 heteroatoms. The van der Waals surface area contributed by atoms with Crippen molar-refractivity contribution in [3.8, 4) is 5.75 Å². The van der Waals surface area contributed by atoms with E-state index >= 15 is 0 Å². The Hall–Kier alpha value is -1.39. The van der Waals surface area contributed by atoms with E-state index in [0.717, 1.165) is 12.1 Å². The summed E-state index contributed by atoms with van der Waals surface area (Å²) in [7, 11) is 1.65. The molecule has 0 spiro atoms. The monoisotopic (exact) mass is 253 g/mol. The lowest BCUT2D eigenvalue weighted by atomic mass is 10.2. The fraction of sp³-hybridized carbons (Fsp3) is 0.429. The normalized spacial score (nSPS) is 10.3. The first-order valence-electron chi connectivity index (χ1n) is 5.99. The van der Waals surface area contributed by atoms with E-state index in [0.29, 0.717) is 26.2 Å². The molecule has 1 rings (SSSR count). The zero-order valence-corrected chi connectivity index (χ0v) is 10.7. The van der Waals surface area contributed by atoms with E-state index in [9.17, 15) is 4.39 Å². The van der Waals surface area contributed by atoms with Crippen LogP contribution in [0.4, 0.5) is 4.39 Å². The van der Waals surface area contributed by atoms with Gasteiger partial charge in [0.15, 0.2) is 11.6 Å². The first-order chi connectivity index (χ1) is 8.77. The minimum Gasteiger partial charge on any atom is -0.490 e. The molecule has 0 aliphatic heterocycles. The largest absolute Gasteiger partial charge is 0.490 e. The van der Waals surface area contributed by atoms with Gasteiger partial charge in [-0.25, -0.2) is 4.39 Å². The van der Waals surface area contributed by atoms with Gasteiger partial charge in [0.2, 0.25) is 0 Å². The summed E-state index contributed by atoms with van der Waals surface area (Å²) >= 11 is 0. The highest BCUT2D eigenvalue weighted by Gasteiger charge is 2.04. The highest BCUT2D eigenvalue weighted by molar-refractivity contribution is 5.29. The molecule has 3 nitrogen and oxygen atoms in total. The van der Waals surface area contributed by atoms with Crippen molar-refractivity contribution in [2.24, 2.45) is 0 Å². The van der Waals surface area contributed by atoms with Crippen molar-refractivity contribution in [1.82, 2.24) is 5.32 Å². The molecule has 0 heterocycles. The van der Waals surface area contributed by atoms with Crippen LogP contribution >= 0.6 is 0 Å². The van der Waals surface area contributed by atoms with Crippen LogP contribution in [0, 0.1) is 5.82 Å². The number of nitrogens with one attached hydrogen (secondary N) is 1. The van der Waals surface area contributed by atoms with Gasteiger partial charge in [-0.15, -0.1) is 6.58 Å². The fourth-order valence-corrected chi connectivity index (χ4v) is 1.43. The first kappa shape index (κ1) is 14.7. The minimum atomic E-state index is -0.329. The quantitative estimate of drug-likeness (QED) is 0.542. The Bertz CT molecular complexity index is 369. The molecule has 0 saturated heterocycles. The van der Waals surface area contributed by atoms with Crippen LogP contribution < -0.4 is 10.1 Å². The van der Waals surface area contributed by atoms with E-state index in [-0.39, 0.29) is 11.6 Å². The second-order valence-electron chi connectivity index (χ2n) is 3.86. The van der Waals surface area contributed by atoms with Gasteiger partial charge in [0.05, 0.1) is 13.2 Å². The Labute approximate surface area is 108 Å². The molecule has 0 amide bonds. The Morgan fingerprint density at radius 2 is 2.22 bits per heavy atom. The molecule has 0 fully saturated rings. The lowest BCUT2D eigenvalue weighted by Crippen LogP contribution is -2.18. The predicted molar refractivity (Wildman–Crippen MR) is 70.3 cm³/mol. The highest BCUT2D eigenvalue weighted by atomic mass is 19.1. The zero-order valence-electron chi connectivity index (χ0n) is 10.7. The summed E-state index contributed by atoms with van der Waals surface area (Å²) < 4.78 is 23.9. The third kappa shape index (κ3) is 5.29. The van der Waals surface area contributed by atoms with Gasteiger partial charge in [-0.05, 0) is 24.1 Å². The summed E-state index contributed by atoms with van der Waals surface area (Å²) in [6.07, 6.45) is 2.45. The first-order valence-corrected chi connectivity index (χ1v) is 5.99. The van der Waals surface area contributed by atoms with Crippen molar-refractivity contribution >= 4 is 0 Å². The summed E-state index contributed by atoms with van der Waals surface area (Å²) in [6, 6.07) is 5.00. The van der Waals surface area contributed by atoms with E-state index in [1.807, 2.05) is 6.07 Å². The molecule has 0 unspecified atom stereocenters. The average Bonchev–Trinajstić information content (AvgIpc) is 2.37. The van der Waals surface area contributed by atoms with E-state index in [1.54, 1.807) is 19.3 Å². The maximum atomic E-state index is 13.6. The number of ether oxygens (including phenoxy) is 2. The Kier molecular flexibility index (Phi) is 7.06. The molecule has 1 aromatic carbocycles. The van der Waals surface area contributed by atoms with Gasteiger partial charge in [-0.3, -0.25) is 0 Å². The average molecular weight is 253 g/mol. The van der Waals surface area contributed by atoms with E-state index in [1.165, 1.54) is 6.07 Å². The van der Waals surface area contributed by atoms with Crippen molar-refractivity contribution in [3.05, 3.63) is 42.2 Å². The fourth-order valence-electron chi connectivity index (χ4n) is 1.43. The van der Waals surface area contributed by atoms with Crippen LogP contribution in [0.15, 0.2) is 30.9 Å². The predicted octanol–water partition coefficient (Wildman–Crippen LogP) is 2.52. The molecule has 0 saturated carbocycles. The second kappa shape index (κ2) is 8.66. The van der Waals surface area contributed by atoms with Gasteiger partial charge in [0, 0.05) is 20.2 Å². The molecule has 1 N–H and O–H groups in total. The smallest absolute Gasteiger partial charge is 0.165 e. The van der Waals surface area contributed by atoms with Crippen LogP contribution in [-0.2, 0) is 11.3 Å². The molecule has 0 aromatic heterocycles. The summed E-state index contributed by atoms with van der Waals surface area (Å²) in [5, 5.41) is 3.16. The van der Waals surface area contributed by atoms with Crippen LogP contribution in [0.3, 0.4) is 0 Å². The van der Waals surface area contributed by atoms with E-state index < -0.39 is 0 Å². The van der Waals surface area contributed by atoms with Crippen LogP contribution in [-0.4, -0.2) is 26.9 Å². The molecule has 0 aliphatic carbocycles. The van der Waals surface area contributed by atoms with E-state index in [2.05, 4.69) is 11.9 Å². The standard InChI is InChI=1S/C14H20FNO2/c1-3-4-8-18-14-6-5-12(10-13(14)15)11-16-7-9-17-2/h3,5-6,10,16H,1,4,7-9,11H2,2H3. The molecule has 100 valence electrons. The maximum Gasteiger partial charge on any atom is 0.165 e. The molecule has 18 heavy (non-hydrogen) atoms. The van der Waals surface area contributed by atoms with Crippen LogP contribution in [0.2, 0.25) is 0 Å². The molecule has 0 bridgehead atoms. The Morgan fingerprint density at radius 1 is 1.39 bits per heavy atom. The number of hydrogen-bond acceptors (Lipinski definition) is 3. The van der Waals surface area contributed by atoms with Crippen LogP contribution in [0.1, 0.15) is 12.0 Å². The molecule has 0 radical (unpaired) electrons. The van der Waals surface area contributed by atoms with Crippen LogP contribution in [0.25, 0.3) is 0 Å². The molecular formula is C14H20FNO2. The number of rotatable bonds is 9. The van der Waals surface area contributed by atoms with Crippen molar-refractivity contribution in [2.75, 3.05) is 26.9 Å². The summed E-state index contributed by atoms with van der Waals surface area (Å²) in [6.45, 7) is 6.04. The van der Waals surface area contributed by atoms with Crippen molar-refractivity contribution in [3.63, 3.8) is 0 Å². The van der Waals surface area contributed by atoms with Gasteiger partial charge in [0.1, 0.15) is 0 Å². The number of halogens is 1. The SMILES string of the molecule is C=CCCOc1ccc(CNCCOC)cc1F. The molecular weight excluding hydrogens is 233 g/mol. The highest BCUT2D eigenvalue weighted by Crippen LogP contribution is 2.18. The minimum absolute atomic E-state index is 0.289. The zero-order chi connectivity index (χ0) is 13.2. The third-order valence-electron chi connectivity index (χ3n) is 2.39. The number of benzene rings is 1. The third-order valence-corrected chi connectivity index (χ3v) is 2.39. The molecule has 0 aliphatic rings. The van der Waals surface area contributed by atoms with E-state index in [4.69, 9.17) is 9.47 Å². The summed E-state index contributed by atoms with van der Waals surface area (Å²) in [5.41, 5.74) is 0.889. The molecule has 0 atom stereocenters. The van der Waals surface area contributed by atoms with Gasteiger partial charge < -0.3 is 14.8 Å². The maximum absolute atomic E-state index is 13.6. The molecule has 1 aromatic rings. The lowest BCUT2D eigenvalue weighted by molar-refractivity contribution is 0.199. The van der Waals surface area contributed by atoms with Gasteiger partial charge >= 0.3 is 0 Å². The van der Waals surface area contributed by atoms with Gasteiger partial charge in [0.25, 0.3) is 0 Å². The van der Waals surface area contributed by atoms with Crippen molar-refractivity contribution in [2.45, 2.75) is 13.0 Å².